The molecule has 1 unspecified atom stereocenters. The summed E-state index contributed by atoms with van der Waals surface area (Å²) < 4.78 is 0. The van der Waals surface area contributed by atoms with Gasteiger partial charge in [0.25, 0.3) is 5.56 Å². The average Bonchev–Trinajstić information content (AvgIpc) is 3.33. The molecule has 8 heteroatoms. The molecule has 3 aromatic heterocycles. The summed E-state index contributed by atoms with van der Waals surface area (Å²) in [5.41, 5.74) is 2.80. The predicted molar refractivity (Wildman–Crippen MR) is 105 cm³/mol. The summed E-state index contributed by atoms with van der Waals surface area (Å²) in [7, 11) is 0. The lowest BCUT2D eigenvalue weighted by Gasteiger charge is -2.19. The van der Waals surface area contributed by atoms with Gasteiger partial charge in [-0.2, -0.15) is 5.10 Å². The second kappa shape index (κ2) is 6.44. The zero-order valence-electron chi connectivity index (χ0n) is 14.7. The number of hydrogen-bond donors (Lipinski definition) is 1. The van der Waals surface area contributed by atoms with Gasteiger partial charge >= 0.3 is 0 Å². The van der Waals surface area contributed by atoms with Crippen molar-refractivity contribution in [3.8, 4) is 0 Å². The third-order valence-corrected chi connectivity index (χ3v) is 6.26. The van der Waals surface area contributed by atoms with Crippen LogP contribution in [-0.4, -0.2) is 26.6 Å². The summed E-state index contributed by atoms with van der Waals surface area (Å²) in [5.74, 6) is -0.0682. The highest BCUT2D eigenvalue weighted by Gasteiger charge is 2.35. The Bertz CT molecular complexity index is 1090. The third kappa shape index (κ3) is 2.69. The van der Waals surface area contributed by atoms with Gasteiger partial charge in [-0.25, -0.2) is 9.99 Å². The van der Waals surface area contributed by atoms with Crippen LogP contribution in [0.3, 0.4) is 0 Å². The molecule has 0 saturated carbocycles. The van der Waals surface area contributed by atoms with E-state index in [2.05, 4.69) is 15.1 Å². The number of aromatic amines is 1. The molecule has 0 spiro atoms. The fraction of sp³-hybridized carbons (Fsp3) is 0.333. The quantitative estimate of drug-likeness (QED) is 0.744. The van der Waals surface area contributed by atoms with E-state index in [1.54, 1.807) is 11.3 Å². The Morgan fingerprint density at radius 2 is 2.19 bits per heavy atom. The smallest absolute Gasteiger partial charge is 0.258 e. The van der Waals surface area contributed by atoms with Crippen molar-refractivity contribution in [1.82, 2.24) is 15.0 Å². The monoisotopic (exact) mass is 386 g/mol. The molecular formula is C18H18N4O2S2. The molecule has 1 N–H and O–H groups in total. The number of amides is 1. The predicted octanol–water partition coefficient (Wildman–Crippen LogP) is 3.75. The van der Waals surface area contributed by atoms with Gasteiger partial charge in [-0.15, -0.1) is 22.7 Å². The standard InChI is InChI=1S/C18H18N4O2S2/c1-4-15(23)22-14(13-8-26-10(3)19-13)7-12(21-22)16-9(2)11-5-6-25-18(11)20-17(16)24/h5-6,8,14H,4,7H2,1-3H3,(H,20,24). The van der Waals surface area contributed by atoms with E-state index in [0.717, 1.165) is 26.5 Å². The number of aryl methyl sites for hydroxylation is 2. The van der Waals surface area contributed by atoms with Gasteiger partial charge < -0.3 is 4.98 Å². The fourth-order valence-electron chi connectivity index (χ4n) is 3.34. The molecule has 0 aliphatic carbocycles. The number of hydrogen-bond acceptors (Lipinski definition) is 6. The highest BCUT2D eigenvalue weighted by Crippen LogP contribution is 2.34. The summed E-state index contributed by atoms with van der Waals surface area (Å²) in [5, 5.41) is 12.0. The Balaban J connectivity index is 1.82. The number of pyridine rings is 1. The molecule has 1 aliphatic heterocycles. The van der Waals surface area contributed by atoms with Crippen molar-refractivity contribution in [2.45, 2.75) is 39.7 Å². The number of carbonyl (C=O) groups excluding carboxylic acids is 1. The number of thiazole rings is 1. The Morgan fingerprint density at radius 3 is 2.88 bits per heavy atom. The van der Waals surface area contributed by atoms with Gasteiger partial charge in [-0.1, -0.05) is 6.92 Å². The van der Waals surface area contributed by atoms with Crippen LogP contribution in [0.5, 0.6) is 0 Å². The number of nitrogens with zero attached hydrogens (tertiary/aromatic N) is 3. The SMILES string of the molecule is CCC(=O)N1N=C(c2c(C)c3ccsc3[nH]c2=O)CC1c1csc(C)n1. The Morgan fingerprint density at radius 1 is 1.38 bits per heavy atom. The first kappa shape index (κ1) is 17.1. The third-order valence-electron chi connectivity index (χ3n) is 4.63. The van der Waals surface area contributed by atoms with Gasteiger partial charge in [0.2, 0.25) is 5.91 Å². The summed E-state index contributed by atoms with van der Waals surface area (Å²) >= 11 is 3.06. The van der Waals surface area contributed by atoms with Gasteiger partial charge in [0.05, 0.1) is 22.0 Å². The highest BCUT2D eigenvalue weighted by atomic mass is 32.1. The number of hydrazone groups is 1. The normalized spacial score (nSPS) is 17.1. The van der Waals surface area contributed by atoms with Gasteiger partial charge in [0.15, 0.2) is 0 Å². The van der Waals surface area contributed by atoms with E-state index >= 15 is 0 Å². The summed E-state index contributed by atoms with van der Waals surface area (Å²) in [6.07, 6.45) is 0.851. The molecule has 4 heterocycles. The van der Waals surface area contributed by atoms with E-state index in [9.17, 15) is 9.59 Å². The molecule has 0 bridgehead atoms. The minimum atomic E-state index is -0.251. The Hall–Kier alpha value is -2.32. The van der Waals surface area contributed by atoms with Crippen LogP contribution < -0.4 is 5.56 Å². The first-order valence-electron chi connectivity index (χ1n) is 8.41. The van der Waals surface area contributed by atoms with Gasteiger partial charge in [0, 0.05) is 23.6 Å². The second-order valence-corrected chi connectivity index (χ2v) is 8.25. The number of rotatable bonds is 3. The minimum Gasteiger partial charge on any atom is -0.313 e. The first-order valence-corrected chi connectivity index (χ1v) is 10.2. The number of fused-ring (bicyclic) bond motifs is 1. The topological polar surface area (TPSA) is 78.4 Å². The van der Waals surface area contributed by atoms with E-state index in [0.29, 0.717) is 24.1 Å². The molecule has 0 aromatic carbocycles. The Kier molecular flexibility index (Phi) is 4.24. The van der Waals surface area contributed by atoms with Crippen molar-refractivity contribution in [2.75, 3.05) is 0 Å². The molecule has 4 rings (SSSR count). The molecule has 1 aliphatic rings. The molecule has 3 aromatic rings. The van der Waals surface area contributed by atoms with Crippen LogP contribution in [0, 0.1) is 13.8 Å². The minimum absolute atomic E-state index is 0.0682. The van der Waals surface area contributed by atoms with E-state index in [1.807, 2.05) is 37.6 Å². The van der Waals surface area contributed by atoms with Crippen molar-refractivity contribution in [2.24, 2.45) is 5.10 Å². The fourth-order valence-corrected chi connectivity index (χ4v) is 4.84. The lowest BCUT2D eigenvalue weighted by atomic mass is 9.98. The number of nitrogens with one attached hydrogen (secondary N) is 1. The van der Waals surface area contributed by atoms with Gasteiger partial charge in [-0.3, -0.25) is 9.59 Å². The van der Waals surface area contributed by atoms with Crippen LogP contribution >= 0.6 is 22.7 Å². The van der Waals surface area contributed by atoms with E-state index in [1.165, 1.54) is 16.3 Å². The molecule has 0 radical (unpaired) electrons. The first-order chi connectivity index (χ1) is 12.5. The van der Waals surface area contributed by atoms with Crippen LogP contribution in [0.2, 0.25) is 0 Å². The maximum Gasteiger partial charge on any atom is 0.258 e. The largest absolute Gasteiger partial charge is 0.313 e. The van der Waals surface area contributed by atoms with Crippen molar-refractivity contribution >= 4 is 44.5 Å². The van der Waals surface area contributed by atoms with Crippen LogP contribution in [0.1, 0.15) is 47.6 Å². The van der Waals surface area contributed by atoms with E-state index in [4.69, 9.17) is 0 Å². The molecule has 1 atom stereocenters. The van der Waals surface area contributed by atoms with Crippen LogP contribution in [0.4, 0.5) is 0 Å². The molecule has 6 nitrogen and oxygen atoms in total. The van der Waals surface area contributed by atoms with Crippen molar-refractivity contribution in [3.63, 3.8) is 0 Å². The molecule has 0 fully saturated rings. The zero-order chi connectivity index (χ0) is 18.4. The lowest BCUT2D eigenvalue weighted by molar-refractivity contribution is -0.132. The van der Waals surface area contributed by atoms with Crippen molar-refractivity contribution in [1.29, 1.82) is 0 Å². The maximum absolute atomic E-state index is 12.7. The average molecular weight is 387 g/mol. The highest BCUT2D eigenvalue weighted by molar-refractivity contribution is 7.16. The molecule has 134 valence electrons. The summed E-state index contributed by atoms with van der Waals surface area (Å²) in [6.45, 7) is 5.69. The maximum atomic E-state index is 12.7. The number of H-pyrrole nitrogens is 1. The lowest BCUT2D eigenvalue weighted by Crippen LogP contribution is -2.26. The van der Waals surface area contributed by atoms with Gasteiger partial charge in [-0.05, 0) is 30.9 Å². The molecule has 1 amide bonds. The Labute approximate surface area is 158 Å². The molecule has 26 heavy (non-hydrogen) atoms. The van der Waals surface area contributed by atoms with E-state index in [-0.39, 0.29) is 17.5 Å². The summed E-state index contributed by atoms with van der Waals surface area (Å²) in [6, 6.07) is 1.75. The van der Waals surface area contributed by atoms with Crippen LogP contribution in [0.25, 0.3) is 10.2 Å². The van der Waals surface area contributed by atoms with Crippen molar-refractivity contribution < 1.29 is 4.79 Å². The molecular weight excluding hydrogens is 368 g/mol. The summed E-state index contributed by atoms with van der Waals surface area (Å²) in [4.78, 5) is 33.5. The molecule has 0 saturated heterocycles. The van der Waals surface area contributed by atoms with Crippen molar-refractivity contribution in [3.05, 3.63) is 49.0 Å². The van der Waals surface area contributed by atoms with Gasteiger partial charge in [0.1, 0.15) is 10.9 Å². The second-order valence-electron chi connectivity index (χ2n) is 6.27. The number of carbonyl (C=O) groups is 1. The van der Waals surface area contributed by atoms with Crippen LogP contribution in [0.15, 0.2) is 26.7 Å². The number of aromatic nitrogens is 2. The van der Waals surface area contributed by atoms with E-state index < -0.39 is 0 Å². The van der Waals surface area contributed by atoms with Crippen LogP contribution in [-0.2, 0) is 4.79 Å². The zero-order valence-corrected chi connectivity index (χ0v) is 16.3. The number of thiophene rings is 1.